The van der Waals surface area contributed by atoms with Crippen LogP contribution in [0.1, 0.15) is 40.6 Å². The molecule has 1 aromatic carbocycles. The molecule has 0 saturated carbocycles. The van der Waals surface area contributed by atoms with Gasteiger partial charge in [-0.1, -0.05) is 18.2 Å². The Labute approximate surface area is 231 Å². The van der Waals surface area contributed by atoms with Crippen LogP contribution in [-0.2, 0) is 19.1 Å². The molecule has 214 valence electrons. The van der Waals surface area contributed by atoms with Crippen molar-refractivity contribution in [1.82, 2.24) is 25.0 Å². The number of nitrogens with zero attached hydrogens (tertiary/aromatic N) is 4. The summed E-state index contributed by atoms with van der Waals surface area (Å²) in [6.45, 7) is 4.56. The van der Waals surface area contributed by atoms with Crippen molar-refractivity contribution in [3.8, 4) is 0 Å². The third kappa shape index (κ3) is 6.84. The number of carboxylic acid groups (broad SMARTS) is 1. The Balaban J connectivity index is 1.54. The number of nitrogens with one attached hydrogen (secondary N) is 1. The van der Waals surface area contributed by atoms with Crippen LogP contribution in [0.3, 0.4) is 0 Å². The number of rotatable bonds is 8. The van der Waals surface area contributed by atoms with Gasteiger partial charge in [0, 0.05) is 51.1 Å². The number of ether oxygens (including phenoxy) is 2. The predicted octanol–water partition coefficient (Wildman–Crippen LogP) is 0.971. The number of carbonyl (C=O) groups is 5. The maximum absolute atomic E-state index is 13.4. The van der Waals surface area contributed by atoms with Crippen LogP contribution in [0.15, 0.2) is 30.3 Å². The summed E-state index contributed by atoms with van der Waals surface area (Å²) in [6, 6.07) is 7.25. The molecule has 4 rings (SSSR count). The number of carbonyl (C=O) groups excluding carboxylic acids is 4. The second-order valence-electron chi connectivity index (χ2n) is 9.45. The number of piperazine rings is 1. The number of pyridine rings is 1. The first-order chi connectivity index (χ1) is 19.3. The molecule has 0 spiro atoms. The molecule has 0 aliphatic carbocycles. The standard InChI is InChI=1S/C27H33N5O8/c1-2-40-27(38)32-11-9-30(10-12-32)26(37)21(7-8-23(33)34)29-24(35)22-17-19(18-5-3-4-6-20(18)28-22)25(36)31-13-15-39-16-14-31/h3-6,17,21H,2,7-16H2,1H3,(H,29,35)(H,33,34). The molecule has 2 fully saturated rings. The number of aliphatic carboxylic acids is 1. The first-order valence-corrected chi connectivity index (χ1v) is 13.3. The molecule has 1 aromatic heterocycles. The van der Waals surface area contributed by atoms with Gasteiger partial charge in [0.25, 0.3) is 11.8 Å². The lowest BCUT2D eigenvalue weighted by Gasteiger charge is -2.35. The van der Waals surface area contributed by atoms with Crippen LogP contribution >= 0.6 is 0 Å². The van der Waals surface area contributed by atoms with Crippen LogP contribution in [-0.4, -0.2) is 120 Å². The van der Waals surface area contributed by atoms with Crippen molar-refractivity contribution in [1.29, 1.82) is 0 Å². The van der Waals surface area contributed by atoms with Gasteiger partial charge in [-0.3, -0.25) is 19.2 Å². The smallest absolute Gasteiger partial charge is 0.409 e. The molecule has 2 N–H and O–H groups in total. The summed E-state index contributed by atoms with van der Waals surface area (Å²) in [6.07, 6.45) is -0.938. The van der Waals surface area contributed by atoms with Crippen molar-refractivity contribution in [2.45, 2.75) is 25.8 Å². The maximum Gasteiger partial charge on any atom is 0.409 e. The van der Waals surface area contributed by atoms with E-state index >= 15 is 0 Å². The molecule has 2 saturated heterocycles. The van der Waals surface area contributed by atoms with Crippen LogP contribution in [0.25, 0.3) is 10.9 Å². The number of benzene rings is 1. The number of amides is 4. The minimum atomic E-state index is -1.13. The Morgan fingerprint density at radius 2 is 1.68 bits per heavy atom. The van der Waals surface area contributed by atoms with Gasteiger partial charge in [-0.15, -0.1) is 0 Å². The average molecular weight is 556 g/mol. The highest BCUT2D eigenvalue weighted by molar-refractivity contribution is 6.09. The zero-order chi connectivity index (χ0) is 28.6. The minimum Gasteiger partial charge on any atom is -0.481 e. The Bertz CT molecular complexity index is 1270. The predicted molar refractivity (Wildman–Crippen MR) is 142 cm³/mol. The van der Waals surface area contributed by atoms with Crippen molar-refractivity contribution in [3.63, 3.8) is 0 Å². The van der Waals surface area contributed by atoms with E-state index in [-0.39, 0.29) is 57.2 Å². The Hall–Kier alpha value is -4.26. The third-order valence-electron chi connectivity index (χ3n) is 6.85. The maximum atomic E-state index is 13.4. The van der Waals surface area contributed by atoms with Gasteiger partial charge < -0.3 is 34.6 Å². The fraction of sp³-hybridized carbons (Fsp3) is 0.481. The lowest BCUT2D eigenvalue weighted by Crippen LogP contribution is -2.56. The molecule has 2 aliphatic rings. The van der Waals surface area contributed by atoms with Crippen molar-refractivity contribution in [2.24, 2.45) is 0 Å². The molecule has 0 bridgehead atoms. The van der Waals surface area contributed by atoms with E-state index in [1.165, 1.54) is 15.9 Å². The van der Waals surface area contributed by atoms with Gasteiger partial charge >= 0.3 is 12.1 Å². The van der Waals surface area contributed by atoms with E-state index in [9.17, 15) is 29.1 Å². The summed E-state index contributed by atoms with van der Waals surface area (Å²) < 4.78 is 10.4. The van der Waals surface area contributed by atoms with Crippen LogP contribution in [0.5, 0.6) is 0 Å². The van der Waals surface area contributed by atoms with Crippen LogP contribution < -0.4 is 5.32 Å². The van der Waals surface area contributed by atoms with Crippen molar-refractivity contribution >= 4 is 40.7 Å². The fourth-order valence-corrected chi connectivity index (χ4v) is 4.71. The van der Waals surface area contributed by atoms with E-state index < -0.39 is 29.9 Å². The van der Waals surface area contributed by atoms with Crippen LogP contribution in [0, 0.1) is 0 Å². The fourth-order valence-electron chi connectivity index (χ4n) is 4.71. The second kappa shape index (κ2) is 13.2. The third-order valence-corrected chi connectivity index (χ3v) is 6.85. The average Bonchev–Trinajstić information content (AvgIpc) is 2.98. The van der Waals surface area contributed by atoms with Gasteiger partial charge in [0.1, 0.15) is 11.7 Å². The largest absolute Gasteiger partial charge is 0.481 e. The van der Waals surface area contributed by atoms with E-state index in [1.54, 1.807) is 36.1 Å². The molecule has 40 heavy (non-hydrogen) atoms. The van der Waals surface area contributed by atoms with Crippen molar-refractivity contribution < 1.29 is 38.6 Å². The molecule has 13 heteroatoms. The SMILES string of the molecule is CCOC(=O)N1CCN(C(=O)C(CCC(=O)O)NC(=O)c2cc(C(=O)N3CCOCC3)c3ccccc3n2)CC1. The topological polar surface area (TPSA) is 159 Å². The van der Waals surface area contributed by atoms with Gasteiger partial charge in [-0.05, 0) is 25.5 Å². The highest BCUT2D eigenvalue weighted by atomic mass is 16.6. The first-order valence-electron chi connectivity index (χ1n) is 13.3. The summed E-state index contributed by atoms with van der Waals surface area (Å²) >= 11 is 0. The number of aromatic nitrogens is 1. The quantitative estimate of drug-likeness (QED) is 0.484. The molecule has 1 atom stereocenters. The van der Waals surface area contributed by atoms with Crippen molar-refractivity contribution in [2.75, 3.05) is 59.1 Å². The first kappa shape index (κ1) is 28.7. The van der Waals surface area contributed by atoms with Crippen LogP contribution in [0.4, 0.5) is 4.79 Å². The second-order valence-corrected chi connectivity index (χ2v) is 9.45. The number of para-hydroxylation sites is 1. The lowest BCUT2D eigenvalue weighted by molar-refractivity contribution is -0.138. The Morgan fingerprint density at radius 1 is 1.00 bits per heavy atom. The van der Waals surface area contributed by atoms with Gasteiger partial charge in [0.2, 0.25) is 5.91 Å². The number of morpholine rings is 1. The normalized spacial score (nSPS) is 16.4. The Morgan fingerprint density at radius 3 is 2.35 bits per heavy atom. The Kier molecular flexibility index (Phi) is 9.48. The molecular weight excluding hydrogens is 522 g/mol. The summed E-state index contributed by atoms with van der Waals surface area (Å²) in [4.78, 5) is 72.5. The molecular formula is C27H33N5O8. The van der Waals surface area contributed by atoms with Crippen molar-refractivity contribution in [3.05, 3.63) is 41.6 Å². The van der Waals surface area contributed by atoms with Crippen LogP contribution in [0.2, 0.25) is 0 Å². The van der Waals surface area contributed by atoms with E-state index in [0.29, 0.717) is 42.8 Å². The van der Waals surface area contributed by atoms with Gasteiger partial charge in [-0.25, -0.2) is 9.78 Å². The molecule has 2 aromatic rings. The van der Waals surface area contributed by atoms with Gasteiger partial charge in [0.15, 0.2) is 0 Å². The molecule has 0 radical (unpaired) electrons. The summed E-state index contributed by atoms with van der Waals surface area (Å²) in [7, 11) is 0. The molecule has 1 unspecified atom stereocenters. The summed E-state index contributed by atoms with van der Waals surface area (Å²) in [5.41, 5.74) is 0.687. The summed E-state index contributed by atoms with van der Waals surface area (Å²) in [5, 5.41) is 12.5. The number of carboxylic acids is 1. The zero-order valence-electron chi connectivity index (χ0n) is 22.3. The summed E-state index contributed by atoms with van der Waals surface area (Å²) in [5.74, 6) is -2.52. The highest BCUT2D eigenvalue weighted by Crippen LogP contribution is 2.21. The van der Waals surface area contributed by atoms with Gasteiger partial charge in [-0.2, -0.15) is 0 Å². The molecule has 3 heterocycles. The number of hydrogen-bond donors (Lipinski definition) is 2. The monoisotopic (exact) mass is 555 g/mol. The van der Waals surface area contributed by atoms with E-state index in [4.69, 9.17) is 9.47 Å². The minimum absolute atomic E-state index is 0.0597. The van der Waals surface area contributed by atoms with Gasteiger partial charge in [0.05, 0.1) is 30.9 Å². The van der Waals surface area contributed by atoms with E-state index in [1.807, 2.05) is 0 Å². The molecule has 4 amide bonds. The highest BCUT2D eigenvalue weighted by Gasteiger charge is 2.31. The zero-order valence-corrected chi connectivity index (χ0v) is 22.3. The van der Waals surface area contributed by atoms with E-state index in [0.717, 1.165) is 0 Å². The number of fused-ring (bicyclic) bond motifs is 1. The molecule has 13 nitrogen and oxygen atoms in total. The van der Waals surface area contributed by atoms with E-state index in [2.05, 4.69) is 10.3 Å². The lowest BCUT2D eigenvalue weighted by atomic mass is 10.0. The number of hydrogen-bond acceptors (Lipinski definition) is 8. The molecule has 2 aliphatic heterocycles.